The maximum atomic E-state index is 4.29. The van der Waals surface area contributed by atoms with Crippen LogP contribution in [-0.4, -0.2) is 9.97 Å². The van der Waals surface area contributed by atoms with E-state index in [-0.39, 0.29) is 0 Å². The normalized spacial score (nSPS) is 10.6. The van der Waals surface area contributed by atoms with Crippen LogP contribution in [0.3, 0.4) is 0 Å². The van der Waals surface area contributed by atoms with E-state index in [0.717, 1.165) is 12.2 Å². The summed E-state index contributed by atoms with van der Waals surface area (Å²) in [5.74, 6) is 0. The van der Waals surface area contributed by atoms with E-state index in [1.807, 2.05) is 30.7 Å². The summed E-state index contributed by atoms with van der Waals surface area (Å²) in [6.07, 6.45) is 7.48. The zero-order chi connectivity index (χ0) is 13.1. The number of hydrogen-bond donors (Lipinski definition) is 1. The molecule has 0 fully saturated rings. The predicted molar refractivity (Wildman–Crippen MR) is 78.0 cm³/mol. The van der Waals surface area contributed by atoms with Gasteiger partial charge in [0, 0.05) is 30.5 Å². The molecule has 0 aliphatic heterocycles. The van der Waals surface area contributed by atoms with Crippen molar-refractivity contribution in [2.45, 2.75) is 13.5 Å². The van der Waals surface area contributed by atoms with Gasteiger partial charge in [0.25, 0.3) is 0 Å². The van der Waals surface area contributed by atoms with Crippen molar-refractivity contribution >= 4 is 16.5 Å². The fourth-order valence-corrected chi connectivity index (χ4v) is 2.16. The molecule has 19 heavy (non-hydrogen) atoms. The molecule has 2 aromatic heterocycles. The summed E-state index contributed by atoms with van der Waals surface area (Å²) >= 11 is 0. The molecule has 3 heteroatoms. The number of benzene rings is 1. The fourth-order valence-electron chi connectivity index (χ4n) is 2.16. The molecule has 0 atom stereocenters. The van der Waals surface area contributed by atoms with Crippen molar-refractivity contribution in [1.82, 2.24) is 9.97 Å². The van der Waals surface area contributed by atoms with Crippen LogP contribution in [0.4, 0.5) is 5.69 Å². The molecule has 0 unspecified atom stereocenters. The second-order valence-electron chi connectivity index (χ2n) is 4.56. The lowest BCUT2D eigenvalue weighted by molar-refractivity contribution is 1.12. The second kappa shape index (κ2) is 5.06. The van der Waals surface area contributed by atoms with Crippen LogP contribution in [-0.2, 0) is 6.54 Å². The highest BCUT2D eigenvalue weighted by molar-refractivity contribution is 5.84. The third-order valence-electron chi connectivity index (χ3n) is 3.26. The summed E-state index contributed by atoms with van der Waals surface area (Å²) in [5, 5.41) is 5.83. The van der Waals surface area contributed by atoms with Crippen molar-refractivity contribution in [2.75, 3.05) is 5.32 Å². The van der Waals surface area contributed by atoms with Crippen molar-refractivity contribution < 1.29 is 0 Å². The van der Waals surface area contributed by atoms with Gasteiger partial charge in [0.1, 0.15) is 0 Å². The molecule has 3 rings (SSSR count). The predicted octanol–water partition coefficient (Wildman–Crippen LogP) is 3.55. The maximum Gasteiger partial charge on any atom is 0.0559 e. The van der Waals surface area contributed by atoms with Crippen LogP contribution in [0, 0.1) is 6.92 Å². The molecule has 1 aromatic carbocycles. The number of pyridine rings is 2. The zero-order valence-electron chi connectivity index (χ0n) is 10.8. The Kier molecular flexibility index (Phi) is 3.11. The van der Waals surface area contributed by atoms with E-state index in [2.05, 4.69) is 40.4 Å². The first kappa shape index (κ1) is 11.7. The number of aromatic nitrogens is 2. The van der Waals surface area contributed by atoms with E-state index in [1.54, 1.807) is 6.20 Å². The number of rotatable bonds is 3. The highest BCUT2D eigenvalue weighted by atomic mass is 14.9. The first-order valence-corrected chi connectivity index (χ1v) is 6.31. The van der Waals surface area contributed by atoms with Crippen LogP contribution in [0.15, 0.2) is 55.1 Å². The van der Waals surface area contributed by atoms with E-state index in [9.17, 15) is 0 Å². The van der Waals surface area contributed by atoms with E-state index in [4.69, 9.17) is 0 Å². The van der Waals surface area contributed by atoms with Crippen LogP contribution in [0.25, 0.3) is 10.8 Å². The molecule has 2 heterocycles. The van der Waals surface area contributed by atoms with Crippen molar-refractivity contribution in [3.63, 3.8) is 0 Å². The Balaban J connectivity index is 1.88. The largest absolute Gasteiger partial charge is 0.379 e. The van der Waals surface area contributed by atoms with Crippen molar-refractivity contribution in [1.29, 1.82) is 0 Å². The number of fused-ring (bicyclic) bond motifs is 1. The fraction of sp³-hybridized carbons (Fsp3) is 0.125. The molecule has 3 nitrogen and oxygen atoms in total. The number of hydrogen-bond acceptors (Lipinski definition) is 3. The molecular formula is C16H15N3. The third-order valence-corrected chi connectivity index (χ3v) is 3.26. The van der Waals surface area contributed by atoms with Gasteiger partial charge in [-0.2, -0.15) is 0 Å². The van der Waals surface area contributed by atoms with Gasteiger partial charge in [-0.1, -0.05) is 24.3 Å². The Bertz CT molecular complexity index is 702. The van der Waals surface area contributed by atoms with Crippen LogP contribution >= 0.6 is 0 Å². The Morgan fingerprint density at radius 3 is 2.79 bits per heavy atom. The lowest BCUT2D eigenvalue weighted by Gasteiger charge is -2.10. The second-order valence-corrected chi connectivity index (χ2v) is 4.56. The van der Waals surface area contributed by atoms with Gasteiger partial charge in [0.05, 0.1) is 11.9 Å². The number of nitrogens with zero attached hydrogens (tertiary/aromatic N) is 2. The molecule has 0 aliphatic carbocycles. The topological polar surface area (TPSA) is 37.8 Å². The highest BCUT2D eigenvalue weighted by Gasteiger charge is 2.02. The van der Waals surface area contributed by atoms with Crippen LogP contribution < -0.4 is 5.32 Å². The Labute approximate surface area is 112 Å². The van der Waals surface area contributed by atoms with Crippen molar-refractivity contribution in [3.05, 3.63) is 66.2 Å². The third kappa shape index (κ3) is 2.40. The van der Waals surface area contributed by atoms with E-state index < -0.39 is 0 Å². The minimum atomic E-state index is 0.751. The van der Waals surface area contributed by atoms with Gasteiger partial charge in [-0.15, -0.1) is 0 Å². The molecule has 3 aromatic rings. The average Bonchev–Trinajstić information content (AvgIpc) is 2.46. The summed E-state index contributed by atoms with van der Waals surface area (Å²) < 4.78 is 0. The summed E-state index contributed by atoms with van der Waals surface area (Å²) in [7, 11) is 0. The van der Waals surface area contributed by atoms with Gasteiger partial charge in [0.15, 0.2) is 0 Å². The number of anilines is 1. The van der Waals surface area contributed by atoms with E-state index in [1.165, 1.54) is 21.9 Å². The standard InChI is InChI=1S/C16H15N3/c1-12-6-7-17-11-16(12)19-10-14-9-18-8-13-4-2-3-5-15(13)14/h2-9,11,19H,10H2,1H3. The molecular weight excluding hydrogens is 234 g/mol. The first-order chi connectivity index (χ1) is 9.34. The van der Waals surface area contributed by atoms with Crippen molar-refractivity contribution in [2.24, 2.45) is 0 Å². The lowest BCUT2D eigenvalue weighted by atomic mass is 10.1. The van der Waals surface area contributed by atoms with Crippen molar-refractivity contribution in [3.8, 4) is 0 Å². The SMILES string of the molecule is Cc1ccncc1NCc1cncc2ccccc12. The van der Waals surface area contributed by atoms with Crippen LogP contribution in [0.1, 0.15) is 11.1 Å². The van der Waals surface area contributed by atoms with E-state index in [0.29, 0.717) is 0 Å². The van der Waals surface area contributed by atoms with Gasteiger partial charge in [0.2, 0.25) is 0 Å². The number of nitrogens with one attached hydrogen (secondary N) is 1. The first-order valence-electron chi connectivity index (χ1n) is 6.31. The number of aryl methyl sites for hydroxylation is 1. The van der Waals surface area contributed by atoms with E-state index >= 15 is 0 Å². The molecule has 94 valence electrons. The van der Waals surface area contributed by atoms with Gasteiger partial charge in [-0.05, 0) is 29.5 Å². The monoisotopic (exact) mass is 249 g/mol. The molecule has 0 bridgehead atoms. The minimum absolute atomic E-state index is 0.751. The van der Waals surface area contributed by atoms with Crippen LogP contribution in [0.5, 0.6) is 0 Å². The maximum absolute atomic E-state index is 4.29. The Hall–Kier alpha value is -2.42. The van der Waals surface area contributed by atoms with Gasteiger partial charge < -0.3 is 5.32 Å². The quantitative estimate of drug-likeness (QED) is 0.771. The minimum Gasteiger partial charge on any atom is -0.379 e. The summed E-state index contributed by atoms with van der Waals surface area (Å²) in [5.41, 5.74) is 3.46. The summed E-state index contributed by atoms with van der Waals surface area (Å²) in [6, 6.07) is 10.3. The van der Waals surface area contributed by atoms with Gasteiger partial charge in [-0.3, -0.25) is 9.97 Å². The molecule has 1 N–H and O–H groups in total. The molecule has 0 spiro atoms. The molecule has 0 radical (unpaired) electrons. The molecule has 0 aliphatic rings. The van der Waals surface area contributed by atoms with Gasteiger partial charge >= 0.3 is 0 Å². The smallest absolute Gasteiger partial charge is 0.0559 e. The molecule has 0 saturated carbocycles. The lowest BCUT2D eigenvalue weighted by Crippen LogP contribution is -2.02. The molecule has 0 amide bonds. The summed E-state index contributed by atoms with van der Waals surface area (Å²) in [6.45, 7) is 2.83. The zero-order valence-corrected chi connectivity index (χ0v) is 10.8. The Morgan fingerprint density at radius 2 is 1.89 bits per heavy atom. The summed E-state index contributed by atoms with van der Waals surface area (Å²) in [4.78, 5) is 8.43. The Morgan fingerprint density at radius 1 is 1.00 bits per heavy atom. The highest BCUT2D eigenvalue weighted by Crippen LogP contribution is 2.19. The van der Waals surface area contributed by atoms with Gasteiger partial charge in [-0.25, -0.2) is 0 Å². The van der Waals surface area contributed by atoms with Crippen LogP contribution in [0.2, 0.25) is 0 Å². The average molecular weight is 249 g/mol. The molecule has 0 saturated heterocycles.